The number of nitrogens with zero attached hydrogens (tertiary/aromatic N) is 1. The molecule has 0 atom stereocenters. The first kappa shape index (κ1) is 12.0. The smallest absolute Gasteiger partial charge is 0.305 e. The highest BCUT2D eigenvalue weighted by Crippen LogP contribution is 2.29. The van der Waals surface area contributed by atoms with E-state index in [0.717, 1.165) is 12.8 Å². The van der Waals surface area contributed by atoms with E-state index in [1.165, 1.54) is 12.1 Å². The third kappa shape index (κ3) is 3.00. The highest BCUT2D eigenvalue weighted by atomic mass is 35.5. The van der Waals surface area contributed by atoms with Crippen molar-refractivity contribution in [1.29, 1.82) is 0 Å². The van der Waals surface area contributed by atoms with Crippen molar-refractivity contribution in [2.45, 2.75) is 25.3 Å². The Balaban J connectivity index is 2.05. The lowest BCUT2D eigenvalue weighted by Crippen LogP contribution is -2.34. The van der Waals surface area contributed by atoms with Gasteiger partial charge in [0.15, 0.2) is 11.0 Å². The number of carboxylic acid groups (broad SMARTS) is 1. The van der Waals surface area contributed by atoms with Crippen LogP contribution in [0.25, 0.3) is 0 Å². The monoisotopic (exact) mass is 257 g/mol. The van der Waals surface area contributed by atoms with Crippen LogP contribution < -0.4 is 0 Å². The summed E-state index contributed by atoms with van der Waals surface area (Å²) in [5, 5.41) is 8.79. The van der Waals surface area contributed by atoms with Crippen LogP contribution in [0.15, 0.2) is 16.5 Å². The van der Waals surface area contributed by atoms with Crippen LogP contribution >= 0.6 is 11.6 Å². The van der Waals surface area contributed by atoms with Crippen LogP contribution in [-0.4, -0.2) is 34.5 Å². The van der Waals surface area contributed by atoms with Crippen molar-refractivity contribution in [3.05, 3.63) is 23.1 Å². The molecular weight excluding hydrogens is 246 g/mol. The van der Waals surface area contributed by atoms with Gasteiger partial charge in [-0.25, -0.2) is 0 Å². The van der Waals surface area contributed by atoms with Gasteiger partial charge in [-0.3, -0.25) is 9.59 Å². The van der Waals surface area contributed by atoms with Crippen molar-refractivity contribution in [2.24, 2.45) is 0 Å². The van der Waals surface area contributed by atoms with Crippen LogP contribution in [0.5, 0.6) is 0 Å². The summed E-state index contributed by atoms with van der Waals surface area (Å²) in [6.07, 6.45) is 1.77. The summed E-state index contributed by atoms with van der Waals surface area (Å²) >= 11 is 5.60. The molecule has 6 heteroatoms. The first-order chi connectivity index (χ1) is 8.08. The lowest BCUT2D eigenvalue weighted by molar-refractivity contribution is -0.137. The van der Waals surface area contributed by atoms with Crippen molar-refractivity contribution in [2.75, 3.05) is 6.54 Å². The third-order valence-electron chi connectivity index (χ3n) is 2.60. The Kier molecular flexibility index (Phi) is 3.38. The fourth-order valence-corrected chi connectivity index (χ4v) is 1.77. The summed E-state index contributed by atoms with van der Waals surface area (Å²) < 4.78 is 5.04. The van der Waals surface area contributed by atoms with E-state index in [0.29, 0.717) is 0 Å². The molecule has 0 spiro atoms. The first-order valence-corrected chi connectivity index (χ1v) is 5.74. The molecule has 1 saturated carbocycles. The van der Waals surface area contributed by atoms with E-state index in [4.69, 9.17) is 21.1 Å². The van der Waals surface area contributed by atoms with Gasteiger partial charge in [0.2, 0.25) is 0 Å². The SMILES string of the molecule is O=C(O)CCN(C(=O)c1ccc(Cl)o1)C1CC1. The lowest BCUT2D eigenvalue weighted by atomic mass is 10.3. The summed E-state index contributed by atoms with van der Waals surface area (Å²) in [6.45, 7) is 0.206. The number of carbonyl (C=O) groups excluding carboxylic acids is 1. The van der Waals surface area contributed by atoms with Crippen molar-refractivity contribution in [3.8, 4) is 0 Å². The Morgan fingerprint density at radius 3 is 2.65 bits per heavy atom. The number of hydrogen-bond donors (Lipinski definition) is 1. The summed E-state index contributed by atoms with van der Waals surface area (Å²) in [5.74, 6) is -1.05. The minimum absolute atomic E-state index is 0.0588. The Morgan fingerprint density at radius 2 is 2.18 bits per heavy atom. The zero-order valence-corrected chi connectivity index (χ0v) is 9.81. The highest BCUT2D eigenvalue weighted by Gasteiger charge is 2.34. The van der Waals surface area contributed by atoms with E-state index < -0.39 is 5.97 Å². The van der Waals surface area contributed by atoms with Crippen LogP contribution in [-0.2, 0) is 4.79 Å². The molecule has 0 aliphatic heterocycles. The fraction of sp³-hybridized carbons (Fsp3) is 0.455. The van der Waals surface area contributed by atoms with E-state index in [2.05, 4.69) is 0 Å². The van der Waals surface area contributed by atoms with Crippen molar-refractivity contribution < 1.29 is 19.1 Å². The summed E-state index contributed by atoms with van der Waals surface area (Å²) in [5.41, 5.74) is 0. The maximum atomic E-state index is 12.0. The molecule has 0 unspecified atom stereocenters. The van der Waals surface area contributed by atoms with Gasteiger partial charge >= 0.3 is 5.97 Å². The topological polar surface area (TPSA) is 70.8 Å². The second kappa shape index (κ2) is 4.79. The molecule has 0 saturated heterocycles. The van der Waals surface area contributed by atoms with E-state index >= 15 is 0 Å². The van der Waals surface area contributed by atoms with Crippen LogP contribution in [0.1, 0.15) is 29.8 Å². The molecule has 1 aromatic heterocycles. The molecule has 0 bridgehead atoms. The predicted molar refractivity (Wildman–Crippen MR) is 60.0 cm³/mol. The minimum Gasteiger partial charge on any atom is -0.481 e. The zero-order valence-electron chi connectivity index (χ0n) is 9.06. The van der Waals surface area contributed by atoms with Gasteiger partial charge in [0.05, 0.1) is 6.42 Å². The van der Waals surface area contributed by atoms with Crippen molar-refractivity contribution in [1.82, 2.24) is 4.90 Å². The van der Waals surface area contributed by atoms with Gasteiger partial charge in [-0.15, -0.1) is 0 Å². The van der Waals surface area contributed by atoms with Gasteiger partial charge in [0.25, 0.3) is 5.91 Å². The van der Waals surface area contributed by atoms with Gasteiger partial charge in [-0.05, 0) is 36.6 Å². The molecule has 1 heterocycles. The molecule has 2 rings (SSSR count). The second-order valence-corrected chi connectivity index (χ2v) is 4.35. The highest BCUT2D eigenvalue weighted by molar-refractivity contribution is 6.29. The molecule has 1 amide bonds. The Bertz CT molecular complexity index is 438. The summed E-state index contributed by atoms with van der Waals surface area (Å²) in [6, 6.07) is 3.14. The molecule has 92 valence electrons. The number of amides is 1. The lowest BCUT2D eigenvalue weighted by Gasteiger charge is -2.20. The number of rotatable bonds is 5. The van der Waals surface area contributed by atoms with Gasteiger partial charge in [0, 0.05) is 12.6 Å². The average molecular weight is 258 g/mol. The molecule has 1 N–H and O–H groups in total. The van der Waals surface area contributed by atoms with E-state index in [1.807, 2.05) is 0 Å². The van der Waals surface area contributed by atoms with Crippen molar-refractivity contribution in [3.63, 3.8) is 0 Å². The van der Waals surface area contributed by atoms with Crippen LogP contribution in [0.4, 0.5) is 0 Å². The number of halogens is 1. The third-order valence-corrected chi connectivity index (χ3v) is 2.80. The molecule has 1 aliphatic rings. The van der Waals surface area contributed by atoms with Crippen LogP contribution in [0.3, 0.4) is 0 Å². The van der Waals surface area contributed by atoms with Gasteiger partial charge < -0.3 is 14.4 Å². The van der Waals surface area contributed by atoms with E-state index in [9.17, 15) is 9.59 Å². The molecule has 1 fully saturated rings. The largest absolute Gasteiger partial charge is 0.481 e. The van der Waals surface area contributed by atoms with E-state index in [-0.39, 0.29) is 35.9 Å². The molecule has 1 aliphatic carbocycles. The van der Waals surface area contributed by atoms with Crippen molar-refractivity contribution >= 4 is 23.5 Å². The standard InChI is InChI=1S/C11H12ClNO4/c12-9-4-3-8(17-9)11(16)13(7-1-2-7)6-5-10(14)15/h3-4,7H,1-2,5-6H2,(H,14,15). The Morgan fingerprint density at radius 1 is 1.47 bits per heavy atom. The summed E-state index contributed by atoms with van der Waals surface area (Å²) in [4.78, 5) is 24.1. The van der Waals surface area contributed by atoms with Crippen LogP contribution in [0.2, 0.25) is 5.22 Å². The number of aliphatic carboxylic acids is 1. The number of hydrogen-bond acceptors (Lipinski definition) is 3. The molecule has 17 heavy (non-hydrogen) atoms. The summed E-state index contributed by atoms with van der Waals surface area (Å²) in [7, 11) is 0. The number of carboxylic acids is 1. The first-order valence-electron chi connectivity index (χ1n) is 5.36. The zero-order chi connectivity index (χ0) is 12.4. The van der Waals surface area contributed by atoms with Crippen LogP contribution in [0, 0.1) is 0 Å². The molecular formula is C11H12ClNO4. The molecule has 5 nitrogen and oxygen atoms in total. The Labute approximate surface area is 103 Å². The maximum Gasteiger partial charge on any atom is 0.305 e. The fourth-order valence-electron chi connectivity index (χ4n) is 1.62. The van der Waals surface area contributed by atoms with Gasteiger partial charge in [-0.1, -0.05) is 0 Å². The van der Waals surface area contributed by atoms with Gasteiger partial charge in [-0.2, -0.15) is 0 Å². The maximum absolute atomic E-state index is 12.0. The second-order valence-electron chi connectivity index (χ2n) is 3.98. The Hall–Kier alpha value is -1.49. The molecule has 0 radical (unpaired) electrons. The molecule has 0 aromatic carbocycles. The quantitative estimate of drug-likeness (QED) is 0.876. The number of carbonyl (C=O) groups is 2. The minimum atomic E-state index is -0.916. The average Bonchev–Trinajstić information content (AvgIpc) is 3.00. The predicted octanol–water partition coefficient (Wildman–Crippen LogP) is 2.01. The number of furan rings is 1. The normalized spacial score (nSPS) is 14.6. The van der Waals surface area contributed by atoms with Gasteiger partial charge in [0.1, 0.15) is 0 Å². The molecule has 1 aromatic rings. The van der Waals surface area contributed by atoms with E-state index in [1.54, 1.807) is 4.90 Å².